The summed E-state index contributed by atoms with van der Waals surface area (Å²) < 4.78 is 11.1. The van der Waals surface area contributed by atoms with E-state index >= 15 is 0 Å². The lowest BCUT2D eigenvalue weighted by Gasteiger charge is -2.37. The summed E-state index contributed by atoms with van der Waals surface area (Å²) in [7, 11) is 1.64. The summed E-state index contributed by atoms with van der Waals surface area (Å²) >= 11 is 0. The molecule has 1 aromatic carbocycles. The van der Waals surface area contributed by atoms with Gasteiger partial charge in [-0.25, -0.2) is 0 Å². The third-order valence-electron chi connectivity index (χ3n) is 5.34. The molecule has 1 atom stereocenters. The maximum atomic E-state index is 12.9. The molecule has 6 nitrogen and oxygen atoms in total. The Labute approximate surface area is 174 Å². The molecule has 2 aliphatic rings. The second-order valence-electron chi connectivity index (χ2n) is 6.73. The van der Waals surface area contributed by atoms with Gasteiger partial charge in [-0.3, -0.25) is 9.69 Å². The molecule has 3 rings (SSSR count). The highest BCUT2D eigenvalue weighted by Crippen LogP contribution is 2.24. The van der Waals surface area contributed by atoms with Crippen molar-refractivity contribution in [2.45, 2.75) is 24.5 Å². The number of halogens is 2. The van der Waals surface area contributed by atoms with E-state index in [0.29, 0.717) is 19.4 Å². The summed E-state index contributed by atoms with van der Waals surface area (Å²) in [5.74, 6) is 0.00527. The van der Waals surface area contributed by atoms with E-state index in [9.17, 15) is 4.79 Å². The van der Waals surface area contributed by atoms with Crippen LogP contribution in [0.5, 0.6) is 0 Å². The molecule has 2 aliphatic heterocycles. The van der Waals surface area contributed by atoms with Crippen molar-refractivity contribution in [1.82, 2.24) is 15.5 Å². The maximum Gasteiger partial charge on any atom is 0.252 e. The summed E-state index contributed by atoms with van der Waals surface area (Å²) in [5.41, 5.74) is 0.527. The Balaban J connectivity index is 0.00000182. The standard InChI is InChI=1S/C19H29N3O3.2ClH/c1-24-19(7-9-20-10-8-19)18(23)21-15-17(16-5-3-2-4-6-16)22-11-13-25-14-12-22;;/h2-6,17,20H,7-15H2,1H3,(H,21,23);2*1H. The number of morpholine rings is 1. The molecule has 2 N–H and O–H groups in total. The van der Waals surface area contributed by atoms with Gasteiger partial charge in [-0.1, -0.05) is 30.3 Å². The summed E-state index contributed by atoms with van der Waals surface area (Å²) in [6.07, 6.45) is 1.42. The number of rotatable bonds is 6. The van der Waals surface area contributed by atoms with Crippen LogP contribution in [0.3, 0.4) is 0 Å². The Kier molecular flexibility index (Phi) is 10.6. The van der Waals surface area contributed by atoms with Crippen LogP contribution in [-0.4, -0.2) is 69.5 Å². The van der Waals surface area contributed by atoms with Gasteiger partial charge >= 0.3 is 0 Å². The van der Waals surface area contributed by atoms with Crippen LogP contribution in [0, 0.1) is 0 Å². The minimum atomic E-state index is -0.697. The van der Waals surface area contributed by atoms with Gasteiger partial charge < -0.3 is 20.1 Å². The molecule has 0 aromatic heterocycles. The normalized spacial score (nSPS) is 20.6. The Morgan fingerprint density at radius 1 is 1.22 bits per heavy atom. The Morgan fingerprint density at radius 3 is 2.44 bits per heavy atom. The van der Waals surface area contributed by atoms with Gasteiger partial charge in [0.2, 0.25) is 0 Å². The minimum Gasteiger partial charge on any atom is -0.379 e. The third-order valence-corrected chi connectivity index (χ3v) is 5.34. The van der Waals surface area contributed by atoms with Crippen molar-refractivity contribution >= 4 is 30.7 Å². The number of methoxy groups -OCH3 is 1. The van der Waals surface area contributed by atoms with Crippen molar-refractivity contribution < 1.29 is 14.3 Å². The van der Waals surface area contributed by atoms with Crippen LogP contribution in [0.2, 0.25) is 0 Å². The predicted octanol–water partition coefficient (Wildman–Crippen LogP) is 1.79. The van der Waals surface area contributed by atoms with Gasteiger partial charge in [-0.05, 0) is 31.5 Å². The van der Waals surface area contributed by atoms with E-state index in [2.05, 4.69) is 27.7 Å². The first-order chi connectivity index (χ1) is 12.2. The molecule has 2 heterocycles. The van der Waals surface area contributed by atoms with Gasteiger partial charge in [0.25, 0.3) is 5.91 Å². The van der Waals surface area contributed by atoms with Gasteiger partial charge in [-0.15, -0.1) is 24.8 Å². The number of piperidine rings is 1. The molecule has 1 amide bonds. The highest BCUT2D eigenvalue weighted by molar-refractivity contribution is 5.86. The second kappa shape index (κ2) is 11.8. The Morgan fingerprint density at radius 2 is 1.85 bits per heavy atom. The molecule has 2 fully saturated rings. The van der Waals surface area contributed by atoms with E-state index in [1.54, 1.807) is 7.11 Å². The first-order valence-electron chi connectivity index (χ1n) is 9.16. The molecule has 0 bridgehead atoms. The smallest absolute Gasteiger partial charge is 0.252 e. The highest BCUT2D eigenvalue weighted by atomic mass is 35.5. The quantitative estimate of drug-likeness (QED) is 0.735. The molecule has 0 radical (unpaired) electrons. The van der Waals surface area contributed by atoms with E-state index in [0.717, 1.165) is 39.4 Å². The molecular formula is C19H31Cl2N3O3. The fourth-order valence-electron chi connectivity index (χ4n) is 3.73. The number of amides is 1. The van der Waals surface area contributed by atoms with Crippen molar-refractivity contribution in [3.05, 3.63) is 35.9 Å². The predicted molar refractivity (Wildman–Crippen MR) is 111 cm³/mol. The first kappa shape index (κ1) is 24.1. The number of nitrogens with one attached hydrogen (secondary N) is 2. The number of benzene rings is 1. The summed E-state index contributed by atoms with van der Waals surface area (Å²) in [5, 5.41) is 6.45. The SMILES string of the molecule is COC1(C(=O)NCC(c2ccccc2)N2CCOCC2)CCNCC1.Cl.Cl. The van der Waals surface area contributed by atoms with Gasteiger partial charge in [0, 0.05) is 26.7 Å². The first-order valence-corrected chi connectivity index (χ1v) is 9.16. The van der Waals surface area contributed by atoms with Crippen LogP contribution in [0.25, 0.3) is 0 Å². The van der Waals surface area contributed by atoms with Crippen molar-refractivity contribution in [2.75, 3.05) is 53.0 Å². The van der Waals surface area contributed by atoms with E-state index in [1.165, 1.54) is 5.56 Å². The number of hydrogen-bond acceptors (Lipinski definition) is 5. The molecule has 27 heavy (non-hydrogen) atoms. The van der Waals surface area contributed by atoms with Crippen molar-refractivity contribution in [1.29, 1.82) is 0 Å². The van der Waals surface area contributed by atoms with E-state index in [-0.39, 0.29) is 36.8 Å². The third kappa shape index (κ3) is 6.04. The van der Waals surface area contributed by atoms with Gasteiger partial charge in [-0.2, -0.15) is 0 Å². The molecule has 1 aromatic rings. The zero-order valence-electron chi connectivity index (χ0n) is 15.8. The van der Waals surface area contributed by atoms with Gasteiger partial charge in [0.05, 0.1) is 19.3 Å². The lowest BCUT2D eigenvalue weighted by molar-refractivity contribution is -0.147. The molecule has 0 spiro atoms. The Hall–Kier alpha value is -0.890. The average molecular weight is 420 g/mol. The Bertz CT molecular complexity index is 550. The fourth-order valence-corrected chi connectivity index (χ4v) is 3.73. The summed E-state index contributed by atoms with van der Waals surface area (Å²) in [6.45, 7) is 5.46. The van der Waals surface area contributed by atoms with E-state index < -0.39 is 5.60 Å². The van der Waals surface area contributed by atoms with E-state index in [4.69, 9.17) is 9.47 Å². The fraction of sp³-hybridized carbons (Fsp3) is 0.632. The zero-order chi connectivity index (χ0) is 17.5. The van der Waals surface area contributed by atoms with Crippen LogP contribution in [0.15, 0.2) is 30.3 Å². The monoisotopic (exact) mass is 419 g/mol. The van der Waals surface area contributed by atoms with E-state index in [1.807, 2.05) is 18.2 Å². The van der Waals surface area contributed by atoms with Gasteiger partial charge in [0.1, 0.15) is 5.60 Å². The van der Waals surface area contributed by atoms with Crippen LogP contribution < -0.4 is 10.6 Å². The average Bonchev–Trinajstić information content (AvgIpc) is 2.70. The second-order valence-corrected chi connectivity index (χ2v) is 6.73. The van der Waals surface area contributed by atoms with Gasteiger partial charge in [0.15, 0.2) is 0 Å². The molecule has 154 valence electrons. The van der Waals surface area contributed by atoms with Crippen LogP contribution in [0.4, 0.5) is 0 Å². The largest absolute Gasteiger partial charge is 0.379 e. The zero-order valence-corrected chi connectivity index (χ0v) is 17.4. The number of ether oxygens (including phenoxy) is 2. The number of carbonyl (C=O) groups is 1. The lowest BCUT2D eigenvalue weighted by Crippen LogP contribution is -2.55. The van der Waals surface area contributed by atoms with Crippen molar-refractivity contribution in [3.63, 3.8) is 0 Å². The van der Waals surface area contributed by atoms with Crippen LogP contribution in [-0.2, 0) is 14.3 Å². The molecule has 0 aliphatic carbocycles. The topological polar surface area (TPSA) is 62.8 Å². The highest BCUT2D eigenvalue weighted by Gasteiger charge is 2.40. The summed E-state index contributed by atoms with van der Waals surface area (Å²) in [6, 6.07) is 10.5. The van der Waals surface area contributed by atoms with Crippen molar-refractivity contribution in [2.24, 2.45) is 0 Å². The maximum absolute atomic E-state index is 12.9. The number of hydrogen-bond donors (Lipinski definition) is 2. The number of nitrogens with zero attached hydrogens (tertiary/aromatic N) is 1. The molecular weight excluding hydrogens is 389 g/mol. The van der Waals surface area contributed by atoms with Crippen LogP contribution in [0.1, 0.15) is 24.4 Å². The lowest BCUT2D eigenvalue weighted by atomic mass is 9.91. The van der Waals surface area contributed by atoms with Crippen LogP contribution >= 0.6 is 24.8 Å². The van der Waals surface area contributed by atoms with Crippen molar-refractivity contribution in [3.8, 4) is 0 Å². The molecule has 2 saturated heterocycles. The minimum absolute atomic E-state index is 0. The number of carbonyl (C=O) groups excluding carboxylic acids is 1. The molecule has 8 heteroatoms. The molecule has 0 saturated carbocycles. The molecule has 1 unspecified atom stereocenters. The summed E-state index contributed by atoms with van der Waals surface area (Å²) in [4.78, 5) is 15.3.